The largest absolute Gasteiger partial charge is 0.354 e. The first kappa shape index (κ1) is 33.9. The molecule has 0 aliphatic carbocycles. The van der Waals surface area contributed by atoms with E-state index in [1.54, 1.807) is 18.2 Å². The summed E-state index contributed by atoms with van der Waals surface area (Å²) in [5.74, 6) is -0.801. The Morgan fingerprint density at radius 2 is 1.43 bits per heavy atom. The van der Waals surface area contributed by atoms with Gasteiger partial charge in [0.1, 0.15) is 12.6 Å². The molecule has 0 bridgehead atoms. The topological polar surface area (TPSA) is 130 Å². The molecular weight excluding hydrogens is 604 g/mol. The minimum absolute atomic E-state index is 0.0532. The van der Waals surface area contributed by atoms with Gasteiger partial charge in [-0.2, -0.15) is 0 Å². The lowest BCUT2D eigenvalue weighted by Crippen LogP contribution is -2.53. The maximum Gasteiger partial charge on any atom is 0.269 e. The van der Waals surface area contributed by atoms with Gasteiger partial charge in [-0.15, -0.1) is 0 Å². The number of hydrogen-bond acceptors (Lipinski definition) is 6. The van der Waals surface area contributed by atoms with Crippen LogP contribution in [0.1, 0.15) is 30.5 Å². The zero-order valence-electron chi connectivity index (χ0n) is 26.1. The van der Waals surface area contributed by atoms with Crippen LogP contribution in [0.15, 0.2) is 114 Å². The molecule has 240 valence electrons. The highest BCUT2D eigenvalue weighted by Crippen LogP contribution is 2.27. The van der Waals surface area contributed by atoms with E-state index in [1.807, 2.05) is 75.4 Å². The first-order valence-electron chi connectivity index (χ1n) is 14.9. The summed E-state index contributed by atoms with van der Waals surface area (Å²) < 4.78 is 29.0. The minimum Gasteiger partial charge on any atom is -0.354 e. The first-order valence-corrected chi connectivity index (χ1v) is 16.4. The third-order valence-electron chi connectivity index (χ3n) is 7.52. The monoisotopic (exact) mass is 642 g/mol. The summed E-state index contributed by atoms with van der Waals surface area (Å²) >= 11 is 0. The number of nitrogens with zero attached hydrogens (tertiary/aromatic N) is 3. The average Bonchev–Trinajstić information content (AvgIpc) is 3.05. The van der Waals surface area contributed by atoms with Crippen LogP contribution in [0.4, 0.5) is 11.4 Å². The van der Waals surface area contributed by atoms with Crippen LogP contribution in [-0.4, -0.2) is 49.2 Å². The van der Waals surface area contributed by atoms with Crippen molar-refractivity contribution in [3.63, 3.8) is 0 Å². The summed E-state index contributed by atoms with van der Waals surface area (Å²) in [6.45, 7) is 5.65. The summed E-state index contributed by atoms with van der Waals surface area (Å²) in [5.41, 5.74) is 2.39. The van der Waals surface area contributed by atoms with E-state index in [2.05, 4.69) is 5.32 Å². The van der Waals surface area contributed by atoms with Crippen molar-refractivity contribution in [1.82, 2.24) is 10.2 Å². The lowest BCUT2D eigenvalue weighted by atomic mass is 10.0. The molecule has 0 saturated carbocycles. The molecule has 11 heteroatoms. The van der Waals surface area contributed by atoms with Crippen LogP contribution in [0.5, 0.6) is 0 Å². The normalized spacial score (nSPS) is 11.9. The standard InChI is InChI=1S/C35H38N4O6S/c1-26(2)23-36-35(41)33(22-28-13-6-4-7-14-28)37(24-29-15-11-10-12-27(29)3)34(40)25-38(30-18-20-31(21-19-30)39(42)43)46(44,45)32-16-8-5-9-17-32/h4-21,26,33H,22-25H2,1-3H3,(H,36,41)/t33-/m0/s1. The summed E-state index contributed by atoms with van der Waals surface area (Å²) in [6, 6.07) is 28.5. The molecule has 1 N–H and O–H groups in total. The molecule has 4 aromatic rings. The second kappa shape index (κ2) is 15.3. The van der Waals surface area contributed by atoms with Crippen molar-refractivity contribution in [2.24, 2.45) is 5.92 Å². The van der Waals surface area contributed by atoms with Gasteiger partial charge < -0.3 is 10.2 Å². The van der Waals surface area contributed by atoms with Crippen molar-refractivity contribution in [3.05, 3.63) is 136 Å². The summed E-state index contributed by atoms with van der Waals surface area (Å²) in [5, 5.41) is 14.3. The smallest absolute Gasteiger partial charge is 0.269 e. The maximum atomic E-state index is 14.5. The van der Waals surface area contributed by atoms with Gasteiger partial charge in [-0.1, -0.05) is 86.6 Å². The SMILES string of the molecule is Cc1ccccc1CN(C(=O)CN(c1ccc([N+](=O)[O-])cc1)S(=O)(=O)c1ccccc1)[C@@H](Cc1ccccc1)C(=O)NCC(C)C. The van der Waals surface area contributed by atoms with E-state index in [4.69, 9.17) is 0 Å². The first-order chi connectivity index (χ1) is 22.0. The molecule has 2 amide bonds. The van der Waals surface area contributed by atoms with Crippen LogP contribution in [0.2, 0.25) is 0 Å². The molecule has 4 aromatic carbocycles. The molecule has 0 aromatic heterocycles. The molecule has 0 spiro atoms. The van der Waals surface area contributed by atoms with E-state index in [1.165, 1.54) is 41.3 Å². The van der Waals surface area contributed by atoms with Gasteiger partial charge in [0, 0.05) is 31.6 Å². The fourth-order valence-electron chi connectivity index (χ4n) is 4.94. The van der Waals surface area contributed by atoms with Gasteiger partial charge in [0.25, 0.3) is 15.7 Å². The van der Waals surface area contributed by atoms with Crippen LogP contribution in [0, 0.1) is 23.0 Å². The van der Waals surface area contributed by atoms with Gasteiger partial charge in [-0.05, 0) is 53.8 Å². The lowest BCUT2D eigenvalue weighted by Gasteiger charge is -2.34. The minimum atomic E-state index is -4.31. The summed E-state index contributed by atoms with van der Waals surface area (Å²) in [7, 11) is -4.31. The maximum absolute atomic E-state index is 14.5. The Morgan fingerprint density at radius 3 is 2.02 bits per heavy atom. The molecule has 0 unspecified atom stereocenters. The van der Waals surface area contributed by atoms with Crippen LogP contribution >= 0.6 is 0 Å². The lowest BCUT2D eigenvalue weighted by molar-refractivity contribution is -0.384. The summed E-state index contributed by atoms with van der Waals surface area (Å²) in [6.07, 6.45) is 0.200. The van der Waals surface area contributed by atoms with E-state index in [0.29, 0.717) is 6.54 Å². The Hall–Kier alpha value is -5.03. The highest BCUT2D eigenvalue weighted by atomic mass is 32.2. The van der Waals surface area contributed by atoms with Gasteiger partial charge in [-0.3, -0.25) is 24.0 Å². The highest BCUT2D eigenvalue weighted by Gasteiger charge is 2.35. The highest BCUT2D eigenvalue weighted by molar-refractivity contribution is 7.92. The number of hydrogen-bond donors (Lipinski definition) is 1. The molecular formula is C35H38N4O6S. The third kappa shape index (κ3) is 8.57. The van der Waals surface area contributed by atoms with Gasteiger partial charge in [0.15, 0.2) is 0 Å². The Bertz CT molecular complexity index is 1750. The fraction of sp³-hybridized carbons (Fsp3) is 0.257. The number of sulfonamides is 1. The van der Waals surface area contributed by atoms with E-state index >= 15 is 0 Å². The number of nitro benzene ring substituents is 1. The Morgan fingerprint density at radius 1 is 0.848 bits per heavy atom. The number of non-ortho nitro benzene ring substituents is 1. The Balaban J connectivity index is 1.81. The molecule has 4 rings (SSSR count). The number of carbonyl (C=O) groups excluding carboxylic acids is 2. The third-order valence-corrected chi connectivity index (χ3v) is 9.30. The number of rotatable bonds is 14. The Kier molecular flexibility index (Phi) is 11.3. The van der Waals surface area contributed by atoms with Crippen LogP contribution in [-0.2, 0) is 32.6 Å². The number of amides is 2. The molecule has 1 atom stereocenters. The van der Waals surface area contributed by atoms with E-state index in [-0.39, 0.29) is 41.1 Å². The van der Waals surface area contributed by atoms with Crippen molar-refractivity contribution in [2.75, 3.05) is 17.4 Å². The van der Waals surface area contributed by atoms with Crippen molar-refractivity contribution >= 4 is 33.2 Å². The van der Waals surface area contributed by atoms with Crippen LogP contribution in [0.3, 0.4) is 0 Å². The number of benzene rings is 4. The van der Waals surface area contributed by atoms with Gasteiger partial charge in [-0.25, -0.2) is 8.42 Å². The van der Waals surface area contributed by atoms with Crippen molar-refractivity contribution in [1.29, 1.82) is 0 Å². The molecule has 0 saturated heterocycles. The molecule has 10 nitrogen and oxygen atoms in total. The molecule has 46 heavy (non-hydrogen) atoms. The number of anilines is 1. The van der Waals surface area contributed by atoms with Gasteiger partial charge >= 0.3 is 0 Å². The Labute approximate surface area is 269 Å². The van der Waals surface area contributed by atoms with Crippen molar-refractivity contribution in [3.8, 4) is 0 Å². The molecule has 0 heterocycles. The van der Waals surface area contributed by atoms with E-state index in [9.17, 15) is 28.1 Å². The predicted octanol–water partition coefficient (Wildman–Crippen LogP) is 5.51. The number of nitrogens with one attached hydrogen (secondary N) is 1. The number of nitro groups is 1. The fourth-order valence-corrected chi connectivity index (χ4v) is 6.37. The second-order valence-electron chi connectivity index (χ2n) is 11.4. The number of carbonyl (C=O) groups is 2. The molecule has 0 aliphatic heterocycles. The van der Waals surface area contributed by atoms with Crippen molar-refractivity contribution < 1.29 is 22.9 Å². The molecule has 0 radical (unpaired) electrons. The zero-order chi connectivity index (χ0) is 33.3. The predicted molar refractivity (Wildman–Crippen MR) is 178 cm³/mol. The van der Waals surface area contributed by atoms with E-state index in [0.717, 1.165) is 21.0 Å². The molecule has 0 aliphatic rings. The zero-order valence-corrected chi connectivity index (χ0v) is 26.9. The van der Waals surface area contributed by atoms with Crippen molar-refractivity contribution in [2.45, 2.75) is 44.7 Å². The average molecular weight is 643 g/mol. The van der Waals surface area contributed by atoms with Gasteiger partial charge in [0.05, 0.1) is 15.5 Å². The van der Waals surface area contributed by atoms with Crippen LogP contribution < -0.4 is 9.62 Å². The number of aryl methyl sites for hydroxylation is 1. The molecule has 0 fully saturated rings. The second-order valence-corrected chi connectivity index (χ2v) is 13.3. The van der Waals surface area contributed by atoms with E-state index < -0.39 is 33.4 Å². The summed E-state index contributed by atoms with van der Waals surface area (Å²) in [4.78, 5) is 40.5. The quantitative estimate of drug-likeness (QED) is 0.143. The van der Waals surface area contributed by atoms with Crippen LogP contribution in [0.25, 0.3) is 0 Å². The van der Waals surface area contributed by atoms with Gasteiger partial charge in [0.2, 0.25) is 11.8 Å².